The Morgan fingerprint density at radius 2 is 1.61 bits per heavy atom. The summed E-state index contributed by atoms with van der Waals surface area (Å²) in [5.74, 6) is -0.125. The van der Waals surface area contributed by atoms with Crippen molar-refractivity contribution in [3.63, 3.8) is 0 Å². The fraction of sp³-hybridized carbons (Fsp3) is 0.150. The van der Waals surface area contributed by atoms with Crippen LogP contribution in [0, 0.1) is 0 Å². The zero-order chi connectivity index (χ0) is 15.6. The molecule has 1 saturated heterocycles. The third-order valence-electron chi connectivity index (χ3n) is 4.13. The van der Waals surface area contributed by atoms with E-state index in [2.05, 4.69) is 0 Å². The van der Waals surface area contributed by atoms with Crippen LogP contribution in [-0.4, -0.2) is 18.7 Å². The van der Waals surface area contributed by atoms with Gasteiger partial charge in [0.25, 0.3) is 0 Å². The van der Waals surface area contributed by atoms with E-state index in [1.807, 2.05) is 72.8 Å². The number of ether oxygens (including phenoxy) is 2. The first-order valence-electron chi connectivity index (χ1n) is 7.67. The van der Waals surface area contributed by atoms with Crippen molar-refractivity contribution in [1.29, 1.82) is 0 Å². The lowest BCUT2D eigenvalue weighted by atomic mass is 10.0. The fourth-order valence-corrected chi connectivity index (χ4v) is 2.95. The number of rotatable bonds is 3. The maximum atomic E-state index is 12.8. The Hall–Kier alpha value is -2.49. The Kier molecular flexibility index (Phi) is 3.66. The van der Waals surface area contributed by atoms with Crippen LogP contribution in [0.25, 0.3) is 10.8 Å². The number of ketones is 1. The number of Topliss-reactive ketones (excluding diaryl/α,β-unsaturated/α-hetero) is 1. The molecule has 4 rings (SSSR count). The Labute approximate surface area is 134 Å². The molecule has 3 aromatic rings. The third-order valence-corrected chi connectivity index (χ3v) is 4.13. The normalized spacial score (nSPS) is 20.7. The van der Waals surface area contributed by atoms with Crippen LogP contribution in [0.3, 0.4) is 0 Å². The molecule has 3 heteroatoms. The number of carbonyl (C=O) groups excluding carboxylic acids is 1. The Morgan fingerprint density at radius 1 is 0.870 bits per heavy atom. The first-order valence-corrected chi connectivity index (χ1v) is 7.67. The maximum absolute atomic E-state index is 12.8. The van der Waals surface area contributed by atoms with Crippen LogP contribution in [0.2, 0.25) is 0 Å². The molecule has 114 valence electrons. The van der Waals surface area contributed by atoms with Gasteiger partial charge in [0.05, 0.1) is 6.61 Å². The molecule has 0 aliphatic carbocycles. The minimum Gasteiger partial charge on any atom is -0.343 e. The van der Waals surface area contributed by atoms with Crippen molar-refractivity contribution < 1.29 is 14.3 Å². The van der Waals surface area contributed by atoms with E-state index in [1.54, 1.807) is 0 Å². The fourth-order valence-electron chi connectivity index (χ4n) is 2.95. The molecule has 0 bridgehead atoms. The van der Waals surface area contributed by atoms with Gasteiger partial charge in [-0.05, 0) is 16.3 Å². The van der Waals surface area contributed by atoms with Gasteiger partial charge >= 0.3 is 0 Å². The van der Waals surface area contributed by atoms with Crippen LogP contribution < -0.4 is 0 Å². The molecule has 2 atom stereocenters. The van der Waals surface area contributed by atoms with Crippen molar-refractivity contribution in [3.05, 3.63) is 83.9 Å². The summed E-state index contributed by atoms with van der Waals surface area (Å²) in [6, 6.07) is 23.4. The van der Waals surface area contributed by atoms with Gasteiger partial charge < -0.3 is 9.47 Å². The molecule has 2 unspecified atom stereocenters. The summed E-state index contributed by atoms with van der Waals surface area (Å²) in [4.78, 5) is 12.8. The smallest absolute Gasteiger partial charge is 0.223 e. The maximum Gasteiger partial charge on any atom is 0.223 e. The topological polar surface area (TPSA) is 35.5 Å². The Bertz CT molecular complexity index is 836. The molecule has 1 aliphatic heterocycles. The van der Waals surface area contributed by atoms with E-state index >= 15 is 0 Å². The van der Waals surface area contributed by atoms with Gasteiger partial charge in [-0.3, -0.25) is 4.79 Å². The van der Waals surface area contributed by atoms with E-state index in [4.69, 9.17) is 9.47 Å². The third kappa shape index (κ3) is 2.65. The molecule has 1 aliphatic rings. The predicted molar refractivity (Wildman–Crippen MR) is 88.3 cm³/mol. The number of hydrogen-bond acceptors (Lipinski definition) is 3. The second-order valence-corrected chi connectivity index (χ2v) is 5.59. The largest absolute Gasteiger partial charge is 0.343 e. The summed E-state index contributed by atoms with van der Waals surface area (Å²) in [5, 5.41) is 1.96. The van der Waals surface area contributed by atoms with Crippen molar-refractivity contribution in [1.82, 2.24) is 0 Å². The molecule has 23 heavy (non-hydrogen) atoms. The second kappa shape index (κ2) is 5.95. The SMILES string of the molecule is O=C(c1cccc2ccccc12)C1OCC(c2ccccc2)O1. The van der Waals surface area contributed by atoms with Gasteiger partial charge in [-0.15, -0.1) is 0 Å². The monoisotopic (exact) mass is 304 g/mol. The molecule has 0 amide bonds. The second-order valence-electron chi connectivity index (χ2n) is 5.59. The number of carbonyl (C=O) groups is 1. The van der Waals surface area contributed by atoms with Crippen molar-refractivity contribution in [2.75, 3.05) is 6.61 Å². The number of fused-ring (bicyclic) bond motifs is 1. The van der Waals surface area contributed by atoms with E-state index < -0.39 is 6.29 Å². The number of hydrogen-bond donors (Lipinski definition) is 0. The van der Waals surface area contributed by atoms with E-state index in [-0.39, 0.29) is 11.9 Å². The standard InChI is InChI=1S/C20H16O3/c21-19(17-12-6-10-14-7-4-5-11-16(14)17)20-22-13-18(23-20)15-8-2-1-3-9-15/h1-12,18,20H,13H2. The van der Waals surface area contributed by atoms with E-state index in [0.717, 1.165) is 16.3 Å². The molecule has 0 saturated carbocycles. The highest BCUT2D eigenvalue weighted by Gasteiger charge is 2.33. The first-order chi connectivity index (χ1) is 11.3. The van der Waals surface area contributed by atoms with Gasteiger partial charge in [0.1, 0.15) is 6.10 Å². The lowest BCUT2D eigenvalue weighted by Gasteiger charge is -2.12. The molecule has 0 aromatic heterocycles. The van der Waals surface area contributed by atoms with Crippen LogP contribution >= 0.6 is 0 Å². The lowest BCUT2D eigenvalue weighted by molar-refractivity contribution is -0.0351. The molecule has 0 radical (unpaired) electrons. The quantitative estimate of drug-likeness (QED) is 0.682. The molecule has 1 heterocycles. The molecule has 3 aromatic carbocycles. The lowest BCUT2D eigenvalue weighted by Crippen LogP contribution is -2.22. The van der Waals surface area contributed by atoms with Crippen LogP contribution in [0.15, 0.2) is 72.8 Å². The average molecular weight is 304 g/mol. The van der Waals surface area contributed by atoms with Crippen molar-refractivity contribution in [2.45, 2.75) is 12.4 Å². The summed E-state index contributed by atoms with van der Waals surface area (Å²) in [5.41, 5.74) is 1.67. The summed E-state index contributed by atoms with van der Waals surface area (Å²) < 4.78 is 11.5. The molecule has 1 fully saturated rings. The minimum absolute atomic E-state index is 0.125. The highest BCUT2D eigenvalue weighted by Crippen LogP contribution is 2.29. The van der Waals surface area contributed by atoms with Gasteiger partial charge in [-0.2, -0.15) is 0 Å². The van der Waals surface area contributed by atoms with E-state index in [1.165, 1.54) is 0 Å². The molecule has 3 nitrogen and oxygen atoms in total. The Morgan fingerprint density at radius 3 is 2.48 bits per heavy atom. The number of benzene rings is 3. The molecular weight excluding hydrogens is 288 g/mol. The minimum atomic E-state index is -0.842. The van der Waals surface area contributed by atoms with Crippen molar-refractivity contribution in [3.8, 4) is 0 Å². The van der Waals surface area contributed by atoms with Crippen LogP contribution in [0.4, 0.5) is 0 Å². The van der Waals surface area contributed by atoms with Gasteiger partial charge in [0.15, 0.2) is 0 Å². The predicted octanol–water partition coefficient (Wildman–Crippen LogP) is 4.14. The average Bonchev–Trinajstić information content (AvgIpc) is 3.11. The van der Waals surface area contributed by atoms with Crippen LogP contribution in [-0.2, 0) is 9.47 Å². The summed E-state index contributed by atoms with van der Waals surface area (Å²) in [7, 11) is 0. The van der Waals surface area contributed by atoms with Gasteiger partial charge in [-0.1, -0.05) is 72.8 Å². The van der Waals surface area contributed by atoms with E-state index in [0.29, 0.717) is 12.2 Å². The van der Waals surface area contributed by atoms with Crippen LogP contribution in [0.5, 0.6) is 0 Å². The zero-order valence-electron chi connectivity index (χ0n) is 12.5. The summed E-state index contributed by atoms with van der Waals surface area (Å²) >= 11 is 0. The van der Waals surface area contributed by atoms with Crippen LogP contribution in [0.1, 0.15) is 22.0 Å². The molecule has 0 spiro atoms. The summed E-state index contributed by atoms with van der Waals surface area (Å²) in [6.45, 7) is 0.394. The van der Waals surface area contributed by atoms with Gasteiger partial charge in [-0.25, -0.2) is 0 Å². The zero-order valence-corrected chi connectivity index (χ0v) is 12.5. The van der Waals surface area contributed by atoms with Crippen molar-refractivity contribution in [2.24, 2.45) is 0 Å². The molecule has 0 N–H and O–H groups in total. The highest BCUT2D eigenvalue weighted by atomic mass is 16.7. The first kappa shape index (κ1) is 14.1. The van der Waals surface area contributed by atoms with E-state index in [9.17, 15) is 4.79 Å². The summed E-state index contributed by atoms with van der Waals surface area (Å²) in [6.07, 6.45) is -1.04. The Balaban J connectivity index is 1.60. The van der Waals surface area contributed by atoms with Gasteiger partial charge in [0, 0.05) is 5.56 Å². The molecular formula is C20H16O3. The van der Waals surface area contributed by atoms with Crippen molar-refractivity contribution >= 4 is 16.6 Å². The highest BCUT2D eigenvalue weighted by molar-refractivity contribution is 6.09. The van der Waals surface area contributed by atoms with Gasteiger partial charge in [0.2, 0.25) is 12.1 Å².